The molecule has 0 saturated carbocycles. The normalized spacial score (nSPS) is 11.8. The molecular formula is C24H16O5. The zero-order chi connectivity index (χ0) is 20.0. The Bertz CT molecular complexity index is 1260. The summed E-state index contributed by atoms with van der Waals surface area (Å²) >= 11 is 0. The minimum Gasteiger partial charge on any atom is -0.507 e. The van der Waals surface area contributed by atoms with Crippen LogP contribution in [0.2, 0.25) is 0 Å². The predicted molar refractivity (Wildman–Crippen MR) is 109 cm³/mol. The van der Waals surface area contributed by atoms with Crippen LogP contribution in [0.3, 0.4) is 0 Å². The molecule has 1 aliphatic heterocycles. The zero-order valence-electron chi connectivity index (χ0n) is 15.5. The van der Waals surface area contributed by atoms with Crippen LogP contribution in [-0.2, 0) is 4.74 Å². The van der Waals surface area contributed by atoms with Crippen LogP contribution in [0.1, 0.15) is 10.4 Å². The number of aromatic hydroxyl groups is 1. The van der Waals surface area contributed by atoms with Crippen molar-refractivity contribution in [2.45, 2.75) is 0 Å². The molecule has 0 aliphatic carbocycles. The van der Waals surface area contributed by atoms with Gasteiger partial charge >= 0.3 is 5.97 Å². The maximum Gasteiger partial charge on any atom is 0.338 e. The Labute approximate surface area is 166 Å². The highest BCUT2D eigenvalue weighted by atomic mass is 16.6. The van der Waals surface area contributed by atoms with E-state index < -0.39 is 5.97 Å². The summed E-state index contributed by atoms with van der Waals surface area (Å²) < 4.78 is 16.9. The van der Waals surface area contributed by atoms with Gasteiger partial charge in [-0.2, -0.15) is 0 Å². The molecule has 0 saturated heterocycles. The molecule has 0 amide bonds. The van der Waals surface area contributed by atoms with Gasteiger partial charge in [-0.1, -0.05) is 42.5 Å². The van der Waals surface area contributed by atoms with Gasteiger partial charge in [0.05, 0.1) is 12.7 Å². The fraction of sp³-hybridized carbons (Fsp3) is 0.0417. The summed E-state index contributed by atoms with van der Waals surface area (Å²) in [5, 5.41) is 11.9. The molecule has 4 aromatic carbocycles. The second-order valence-corrected chi connectivity index (χ2v) is 6.67. The van der Waals surface area contributed by atoms with Crippen LogP contribution in [0.25, 0.3) is 21.9 Å². The van der Waals surface area contributed by atoms with E-state index in [1.807, 2.05) is 54.6 Å². The molecule has 0 spiro atoms. The van der Waals surface area contributed by atoms with Gasteiger partial charge in [0.2, 0.25) is 0 Å². The summed E-state index contributed by atoms with van der Waals surface area (Å²) in [7, 11) is 1.32. The number of esters is 1. The van der Waals surface area contributed by atoms with Gasteiger partial charge < -0.3 is 19.3 Å². The molecule has 5 nitrogen and oxygen atoms in total. The summed E-state index contributed by atoms with van der Waals surface area (Å²) in [5.74, 6) is 1.65. The van der Waals surface area contributed by atoms with Crippen LogP contribution in [0.4, 0.5) is 0 Å². The number of carbonyl (C=O) groups excluding carboxylic acids is 1. The minimum absolute atomic E-state index is 0.0367. The lowest BCUT2D eigenvalue weighted by Gasteiger charge is -2.22. The van der Waals surface area contributed by atoms with Crippen molar-refractivity contribution in [1.82, 2.24) is 0 Å². The largest absolute Gasteiger partial charge is 0.507 e. The smallest absolute Gasteiger partial charge is 0.338 e. The van der Waals surface area contributed by atoms with Crippen molar-refractivity contribution in [3.05, 3.63) is 78.4 Å². The fourth-order valence-electron chi connectivity index (χ4n) is 3.61. The van der Waals surface area contributed by atoms with E-state index in [1.54, 1.807) is 12.1 Å². The third-order valence-electron chi connectivity index (χ3n) is 4.94. The van der Waals surface area contributed by atoms with E-state index >= 15 is 0 Å². The van der Waals surface area contributed by atoms with Crippen molar-refractivity contribution >= 4 is 16.7 Å². The van der Waals surface area contributed by atoms with Gasteiger partial charge in [-0.15, -0.1) is 0 Å². The first-order valence-corrected chi connectivity index (χ1v) is 9.08. The van der Waals surface area contributed by atoms with Crippen molar-refractivity contribution in [2.75, 3.05) is 7.11 Å². The first-order chi connectivity index (χ1) is 14.2. The van der Waals surface area contributed by atoms with Crippen LogP contribution in [0.5, 0.6) is 28.7 Å². The van der Waals surface area contributed by atoms with Gasteiger partial charge in [0.25, 0.3) is 0 Å². The number of para-hydroxylation sites is 2. The van der Waals surface area contributed by atoms with Crippen LogP contribution in [-0.4, -0.2) is 18.2 Å². The van der Waals surface area contributed by atoms with Gasteiger partial charge in [-0.3, -0.25) is 0 Å². The number of fused-ring (bicyclic) bond motifs is 3. The van der Waals surface area contributed by atoms with Crippen molar-refractivity contribution in [1.29, 1.82) is 0 Å². The number of hydrogen-bond acceptors (Lipinski definition) is 5. The van der Waals surface area contributed by atoms with Gasteiger partial charge in [-0.05, 0) is 41.3 Å². The lowest BCUT2D eigenvalue weighted by molar-refractivity contribution is 0.0601. The lowest BCUT2D eigenvalue weighted by atomic mass is 9.92. The molecule has 0 radical (unpaired) electrons. The second-order valence-electron chi connectivity index (χ2n) is 6.67. The second kappa shape index (κ2) is 6.56. The number of phenols is 1. The Kier molecular flexibility index (Phi) is 3.88. The van der Waals surface area contributed by atoms with E-state index in [0.29, 0.717) is 39.3 Å². The molecule has 142 valence electrons. The van der Waals surface area contributed by atoms with Crippen molar-refractivity contribution in [2.24, 2.45) is 0 Å². The number of rotatable bonds is 2. The van der Waals surface area contributed by atoms with Gasteiger partial charge in [-0.25, -0.2) is 4.79 Å². The number of hydrogen-bond donors (Lipinski definition) is 1. The summed E-state index contributed by atoms with van der Waals surface area (Å²) in [6.45, 7) is 0. The maximum absolute atomic E-state index is 12.5. The summed E-state index contributed by atoms with van der Waals surface area (Å²) in [6, 6.07) is 21.8. The zero-order valence-corrected chi connectivity index (χ0v) is 15.5. The first kappa shape index (κ1) is 17.1. The predicted octanol–water partition coefficient (Wildman–Crippen LogP) is 5.90. The molecule has 1 aliphatic rings. The maximum atomic E-state index is 12.5. The third kappa shape index (κ3) is 2.75. The van der Waals surface area contributed by atoms with Crippen molar-refractivity contribution in [3.8, 4) is 39.9 Å². The van der Waals surface area contributed by atoms with Gasteiger partial charge in [0.1, 0.15) is 5.75 Å². The lowest BCUT2D eigenvalue weighted by Crippen LogP contribution is -2.05. The highest BCUT2D eigenvalue weighted by molar-refractivity contribution is 6.11. The van der Waals surface area contributed by atoms with E-state index in [1.165, 1.54) is 13.2 Å². The number of benzene rings is 4. The first-order valence-electron chi connectivity index (χ1n) is 9.08. The SMILES string of the molecule is COC(=O)c1cc(O)c2cc3c(cc2c1-c1ccccc1)Oc1ccccc1O3. The van der Waals surface area contributed by atoms with Crippen LogP contribution >= 0.6 is 0 Å². The van der Waals surface area contributed by atoms with E-state index in [4.69, 9.17) is 14.2 Å². The molecule has 1 heterocycles. The molecule has 5 rings (SSSR count). The third-order valence-corrected chi connectivity index (χ3v) is 4.94. The minimum atomic E-state index is -0.527. The molecule has 4 aromatic rings. The van der Waals surface area contributed by atoms with E-state index in [0.717, 1.165) is 5.56 Å². The molecular weight excluding hydrogens is 368 g/mol. The molecule has 29 heavy (non-hydrogen) atoms. The molecule has 0 aromatic heterocycles. The Morgan fingerprint density at radius 1 is 0.793 bits per heavy atom. The quantitative estimate of drug-likeness (QED) is 0.384. The van der Waals surface area contributed by atoms with E-state index in [-0.39, 0.29) is 11.3 Å². The highest BCUT2D eigenvalue weighted by Gasteiger charge is 2.24. The Morgan fingerprint density at radius 3 is 2.00 bits per heavy atom. The number of methoxy groups -OCH3 is 1. The van der Waals surface area contributed by atoms with Crippen LogP contribution in [0.15, 0.2) is 72.8 Å². The summed E-state index contributed by atoms with van der Waals surface area (Å²) in [4.78, 5) is 12.5. The summed E-state index contributed by atoms with van der Waals surface area (Å²) in [6.07, 6.45) is 0. The molecule has 0 fully saturated rings. The topological polar surface area (TPSA) is 65.0 Å². The molecule has 0 bridgehead atoms. The van der Waals surface area contributed by atoms with Crippen molar-refractivity contribution in [3.63, 3.8) is 0 Å². The number of ether oxygens (including phenoxy) is 3. The monoisotopic (exact) mass is 384 g/mol. The van der Waals surface area contributed by atoms with E-state index in [9.17, 15) is 9.90 Å². The van der Waals surface area contributed by atoms with Crippen molar-refractivity contribution < 1.29 is 24.1 Å². The van der Waals surface area contributed by atoms with Crippen LogP contribution in [0, 0.1) is 0 Å². The molecule has 0 unspecified atom stereocenters. The van der Waals surface area contributed by atoms with Crippen LogP contribution < -0.4 is 9.47 Å². The Morgan fingerprint density at radius 2 is 1.38 bits per heavy atom. The highest BCUT2D eigenvalue weighted by Crippen LogP contribution is 2.49. The number of carbonyl (C=O) groups is 1. The fourth-order valence-corrected chi connectivity index (χ4v) is 3.61. The standard InChI is InChI=1S/C24H16O5/c1-27-24(26)17-11-18(25)15-12-21-22(29-20-10-6-5-9-19(20)28-21)13-16(15)23(17)14-7-3-2-4-8-14/h2-13,25H,1H3. The average Bonchev–Trinajstić information content (AvgIpc) is 2.76. The summed E-state index contributed by atoms with van der Waals surface area (Å²) in [5.41, 5.74) is 1.77. The van der Waals surface area contributed by atoms with Gasteiger partial charge in [0, 0.05) is 10.9 Å². The molecule has 0 atom stereocenters. The Balaban J connectivity index is 1.81. The average molecular weight is 384 g/mol. The number of phenolic OH excluding ortho intramolecular Hbond substituents is 1. The molecule has 1 N–H and O–H groups in total. The van der Waals surface area contributed by atoms with E-state index in [2.05, 4.69) is 0 Å². The van der Waals surface area contributed by atoms with Gasteiger partial charge in [0.15, 0.2) is 23.0 Å². The Hall–Kier alpha value is -3.99. The molecule has 5 heteroatoms.